The number of hydrogen-bond acceptors (Lipinski definition) is 4. The molecule has 1 aliphatic rings. The van der Waals surface area contributed by atoms with Crippen molar-refractivity contribution < 1.29 is 32.2 Å². The maximum Gasteiger partial charge on any atom is 0.416 e. The first kappa shape index (κ1) is 21.2. The molecule has 150 valence electrons. The normalized spacial score (nSPS) is 15.6. The molecule has 6 nitrogen and oxygen atoms in total. The predicted octanol–water partition coefficient (Wildman–Crippen LogP) is 2.04. The zero-order valence-corrected chi connectivity index (χ0v) is 15.1. The summed E-state index contributed by atoms with van der Waals surface area (Å²) in [4.78, 5) is 27.9. The Labute approximate surface area is 155 Å². The molecule has 0 saturated carbocycles. The van der Waals surface area contributed by atoms with Crippen LogP contribution in [0.25, 0.3) is 0 Å². The molecular weight excluding hydrogens is 365 g/mol. The number of nitrogens with zero attached hydrogens (tertiary/aromatic N) is 2. The van der Waals surface area contributed by atoms with Crippen molar-refractivity contribution in [2.75, 3.05) is 53.1 Å². The van der Waals surface area contributed by atoms with Crippen molar-refractivity contribution in [2.24, 2.45) is 0 Å². The second kappa shape index (κ2) is 9.70. The minimum atomic E-state index is -4.43. The van der Waals surface area contributed by atoms with Gasteiger partial charge in [-0.3, -0.25) is 9.59 Å². The Kier molecular flexibility index (Phi) is 7.61. The molecule has 9 heteroatoms. The maximum atomic E-state index is 12.6. The van der Waals surface area contributed by atoms with Crippen LogP contribution < -0.4 is 0 Å². The second-order valence-electron chi connectivity index (χ2n) is 6.15. The summed E-state index contributed by atoms with van der Waals surface area (Å²) in [5.41, 5.74) is -0.592. The van der Waals surface area contributed by atoms with Crippen LogP contribution in [0, 0.1) is 0 Å². The van der Waals surface area contributed by atoms with E-state index in [0.29, 0.717) is 45.8 Å². The Bertz CT molecular complexity index is 634. The molecule has 0 bridgehead atoms. The van der Waals surface area contributed by atoms with E-state index in [9.17, 15) is 22.8 Å². The minimum Gasteiger partial charge on any atom is -0.382 e. The van der Waals surface area contributed by atoms with Crippen molar-refractivity contribution >= 4 is 11.8 Å². The molecule has 0 unspecified atom stereocenters. The quantitative estimate of drug-likeness (QED) is 0.700. The van der Waals surface area contributed by atoms with Gasteiger partial charge in [0, 0.05) is 38.9 Å². The molecule has 1 aromatic carbocycles. The molecule has 1 fully saturated rings. The van der Waals surface area contributed by atoms with E-state index in [2.05, 4.69) is 0 Å². The summed E-state index contributed by atoms with van der Waals surface area (Å²) >= 11 is 0. The summed E-state index contributed by atoms with van der Waals surface area (Å²) in [5.74, 6) is -0.496. The van der Waals surface area contributed by atoms with Gasteiger partial charge in [0.1, 0.15) is 6.61 Å². The van der Waals surface area contributed by atoms with Crippen LogP contribution >= 0.6 is 0 Å². The van der Waals surface area contributed by atoms with E-state index in [1.54, 1.807) is 16.9 Å². The third-order valence-corrected chi connectivity index (χ3v) is 4.25. The van der Waals surface area contributed by atoms with E-state index in [1.165, 1.54) is 12.1 Å². The predicted molar refractivity (Wildman–Crippen MR) is 91.2 cm³/mol. The van der Waals surface area contributed by atoms with Crippen molar-refractivity contribution in [1.29, 1.82) is 0 Å². The number of ether oxygens (including phenoxy) is 2. The molecule has 0 spiro atoms. The number of rotatable bonds is 6. The van der Waals surface area contributed by atoms with Gasteiger partial charge in [0.2, 0.25) is 5.91 Å². The van der Waals surface area contributed by atoms with Crippen LogP contribution in [0.3, 0.4) is 0 Å². The Balaban J connectivity index is 1.89. The zero-order valence-electron chi connectivity index (χ0n) is 15.1. The number of halogens is 3. The largest absolute Gasteiger partial charge is 0.416 e. The lowest BCUT2D eigenvalue weighted by Crippen LogP contribution is -2.39. The number of benzene rings is 1. The van der Waals surface area contributed by atoms with E-state index < -0.39 is 11.7 Å². The fourth-order valence-corrected chi connectivity index (χ4v) is 2.75. The van der Waals surface area contributed by atoms with Crippen molar-refractivity contribution in [3.63, 3.8) is 0 Å². The first-order chi connectivity index (χ1) is 12.8. The van der Waals surface area contributed by atoms with Crippen LogP contribution in [0.4, 0.5) is 13.2 Å². The summed E-state index contributed by atoms with van der Waals surface area (Å²) in [7, 11) is 1.54. The van der Waals surface area contributed by atoms with Crippen LogP contribution in [0.5, 0.6) is 0 Å². The van der Waals surface area contributed by atoms with Gasteiger partial charge in [-0.15, -0.1) is 0 Å². The molecule has 1 aromatic rings. The number of methoxy groups -OCH3 is 1. The Morgan fingerprint density at radius 3 is 2.26 bits per heavy atom. The molecule has 2 rings (SSSR count). The number of hydrogen-bond donors (Lipinski definition) is 0. The number of amides is 2. The molecule has 0 aliphatic carbocycles. The van der Waals surface area contributed by atoms with E-state index in [4.69, 9.17) is 9.47 Å². The Morgan fingerprint density at radius 2 is 1.63 bits per heavy atom. The van der Waals surface area contributed by atoms with Crippen molar-refractivity contribution in [3.05, 3.63) is 35.4 Å². The van der Waals surface area contributed by atoms with Gasteiger partial charge >= 0.3 is 6.18 Å². The highest BCUT2D eigenvalue weighted by Crippen LogP contribution is 2.29. The molecule has 0 N–H and O–H groups in total. The maximum absolute atomic E-state index is 12.6. The van der Waals surface area contributed by atoms with Gasteiger partial charge in [-0.1, -0.05) is 0 Å². The highest BCUT2D eigenvalue weighted by molar-refractivity contribution is 5.94. The highest BCUT2D eigenvalue weighted by Gasteiger charge is 2.30. The molecule has 0 atom stereocenters. The molecular formula is C18H23F3N2O4. The molecule has 1 heterocycles. The van der Waals surface area contributed by atoms with Gasteiger partial charge in [-0.05, 0) is 30.7 Å². The third-order valence-electron chi connectivity index (χ3n) is 4.25. The Morgan fingerprint density at radius 1 is 1.00 bits per heavy atom. The van der Waals surface area contributed by atoms with E-state index in [1.807, 2.05) is 0 Å². The summed E-state index contributed by atoms with van der Waals surface area (Å²) < 4.78 is 48.0. The van der Waals surface area contributed by atoms with E-state index >= 15 is 0 Å². The number of carbonyl (C=O) groups excluding carboxylic acids is 2. The van der Waals surface area contributed by atoms with Gasteiger partial charge in [0.25, 0.3) is 5.91 Å². The first-order valence-corrected chi connectivity index (χ1v) is 8.64. The lowest BCUT2D eigenvalue weighted by Gasteiger charge is -2.22. The van der Waals surface area contributed by atoms with Gasteiger partial charge in [0.05, 0.1) is 18.8 Å². The monoisotopic (exact) mass is 388 g/mol. The zero-order chi connectivity index (χ0) is 19.9. The van der Waals surface area contributed by atoms with Gasteiger partial charge in [-0.2, -0.15) is 13.2 Å². The summed E-state index contributed by atoms with van der Waals surface area (Å²) in [6, 6.07) is 4.17. The number of alkyl halides is 3. The first-order valence-electron chi connectivity index (χ1n) is 8.64. The average Bonchev–Trinajstić information content (AvgIpc) is 2.90. The standard InChI is InChI=1S/C18H23F3N2O4/c1-26-11-12-27-13-16(24)22-7-2-8-23(10-9-22)17(25)14-3-5-15(6-4-14)18(19,20)21/h3-6H,2,7-13H2,1H3. The van der Waals surface area contributed by atoms with Crippen molar-refractivity contribution in [1.82, 2.24) is 9.80 Å². The highest BCUT2D eigenvalue weighted by atomic mass is 19.4. The van der Waals surface area contributed by atoms with E-state index in [-0.39, 0.29) is 24.0 Å². The molecule has 0 radical (unpaired) electrons. The number of carbonyl (C=O) groups is 2. The van der Waals surface area contributed by atoms with Crippen LogP contribution in [0.1, 0.15) is 22.3 Å². The molecule has 2 amide bonds. The van der Waals surface area contributed by atoms with E-state index in [0.717, 1.165) is 12.1 Å². The second-order valence-corrected chi connectivity index (χ2v) is 6.15. The lowest BCUT2D eigenvalue weighted by molar-refractivity contribution is -0.138. The molecule has 1 aliphatic heterocycles. The smallest absolute Gasteiger partial charge is 0.382 e. The van der Waals surface area contributed by atoms with Gasteiger partial charge in [-0.25, -0.2) is 0 Å². The minimum absolute atomic E-state index is 0.0454. The fraction of sp³-hybridized carbons (Fsp3) is 0.556. The third kappa shape index (κ3) is 6.21. The molecule has 27 heavy (non-hydrogen) atoms. The van der Waals surface area contributed by atoms with Gasteiger partial charge in [0.15, 0.2) is 0 Å². The summed E-state index contributed by atoms with van der Waals surface area (Å²) in [5, 5.41) is 0. The summed E-state index contributed by atoms with van der Waals surface area (Å²) in [6.45, 7) is 2.31. The molecule has 1 saturated heterocycles. The van der Waals surface area contributed by atoms with Crippen LogP contribution in [0.15, 0.2) is 24.3 Å². The van der Waals surface area contributed by atoms with Crippen LogP contribution in [0.2, 0.25) is 0 Å². The SMILES string of the molecule is COCCOCC(=O)N1CCCN(C(=O)c2ccc(C(F)(F)F)cc2)CC1. The summed E-state index contributed by atoms with van der Waals surface area (Å²) in [6.07, 6.45) is -3.84. The van der Waals surface area contributed by atoms with Crippen LogP contribution in [-0.2, 0) is 20.4 Å². The van der Waals surface area contributed by atoms with Gasteiger partial charge < -0.3 is 19.3 Å². The Hall–Kier alpha value is -2.13. The van der Waals surface area contributed by atoms with Crippen LogP contribution in [-0.4, -0.2) is 74.7 Å². The fourth-order valence-electron chi connectivity index (χ4n) is 2.75. The van der Waals surface area contributed by atoms with Crippen molar-refractivity contribution in [2.45, 2.75) is 12.6 Å². The topological polar surface area (TPSA) is 59.1 Å². The van der Waals surface area contributed by atoms with Crippen molar-refractivity contribution in [3.8, 4) is 0 Å². The molecule has 0 aromatic heterocycles. The average molecular weight is 388 g/mol. The lowest BCUT2D eigenvalue weighted by atomic mass is 10.1.